The highest BCUT2D eigenvalue weighted by molar-refractivity contribution is 7.80. The van der Waals surface area contributed by atoms with Crippen LogP contribution in [0.3, 0.4) is 0 Å². The number of aromatic hydroxyl groups is 3. The molecule has 0 aliphatic carbocycles. The third-order valence-electron chi connectivity index (χ3n) is 7.74. The van der Waals surface area contributed by atoms with E-state index >= 15 is 0 Å². The molecule has 292 valence electrons. The van der Waals surface area contributed by atoms with E-state index in [2.05, 4.69) is 17.9 Å². The lowest BCUT2D eigenvalue weighted by atomic mass is 9.99. The Morgan fingerprint density at radius 1 is 0.963 bits per heavy atom. The molecule has 12 N–H and O–H groups in total. The molecule has 1 saturated heterocycles. The van der Waals surface area contributed by atoms with Gasteiger partial charge in [-0.15, -0.1) is 0 Å². The average Bonchev–Trinajstić information content (AvgIpc) is 3.10. The van der Waals surface area contributed by atoms with Crippen LogP contribution in [0.2, 0.25) is 0 Å². The molecule has 3 unspecified atom stereocenters. The zero-order chi connectivity index (χ0) is 40.2. The molecule has 2 heterocycles. The molecule has 0 bridgehead atoms. The van der Waals surface area contributed by atoms with E-state index < -0.39 is 142 Å². The number of amides is 2. The van der Waals surface area contributed by atoms with Gasteiger partial charge in [-0.05, 0) is 24.6 Å². The van der Waals surface area contributed by atoms with Crippen molar-refractivity contribution < 1.29 is 88.7 Å². The molecule has 7 atom stereocenters. The number of hydrogen-bond acceptors (Lipinski definition) is 18. The third-order valence-corrected chi connectivity index (χ3v) is 8.10. The van der Waals surface area contributed by atoms with E-state index in [0.717, 1.165) is 30.3 Å². The fourth-order valence-electron chi connectivity index (χ4n) is 4.98. The van der Waals surface area contributed by atoms with Gasteiger partial charge in [-0.25, -0.2) is 4.79 Å². The van der Waals surface area contributed by atoms with E-state index in [1.807, 2.05) is 0 Å². The number of phenolic OH excluding ortho intramolecular Hbond substituents is 3. The number of carbonyl (C=O) groups excluding carboxylic acids is 2. The predicted octanol–water partition coefficient (Wildman–Crippen LogP) is -2.34. The van der Waals surface area contributed by atoms with Crippen molar-refractivity contribution in [1.29, 1.82) is 0 Å². The van der Waals surface area contributed by atoms with Gasteiger partial charge in [0.15, 0.2) is 29.9 Å². The molecule has 2 aromatic carbocycles. The predicted molar refractivity (Wildman–Crippen MR) is 178 cm³/mol. The summed E-state index contributed by atoms with van der Waals surface area (Å²) in [5, 5.41) is 91.1. The van der Waals surface area contributed by atoms with Gasteiger partial charge in [0.25, 0.3) is 5.91 Å². The first-order valence-corrected chi connectivity index (χ1v) is 16.0. The second-order valence-corrected chi connectivity index (χ2v) is 12.0. The average molecular weight is 784 g/mol. The van der Waals surface area contributed by atoms with Crippen LogP contribution in [0.25, 0.3) is 22.3 Å². The summed E-state index contributed by atoms with van der Waals surface area (Å²) in [6, 6.07) is 1.49. The molecule has 1 aromatic heterocycles. The normalized spacial score (nSPS) is 20.7. The number of aliphatic carboxylic acids is 3. The van der Waals surface area contributed by atoms with Crippen LogP contribution >= 0.6 is 12.6 Å². The highest BCUT2D eigenvalue weighted by atomic mass is 32.1. The Bertz CT molecular complexity index is 2010. The van der Waals surface area contributed by atoms with Crippen molar-refractivity contribution in [3.05, 3.63) is 40.6 Å². The summed E-state index contributed by atoms with van der Waals surface area (Å²) in [6.45, 7) is -1.31. The van der Waals surface area contributed by atoms with Crippen LogP contribution in [-0.4, -0.2) is 136 Å². The Hall–Kier alpha value is -5.85. The number of nitrogens with two attached hydrogens (primary N) is 1. The van der Waals surface area contributed by atoms with Gasteiger partial charge < -0.3 is 75.7 Å². The molecular formula is C31H33N3O19S. The molecule has 3 aromatic rings. The number of fused-ring (bicyclic) bond motifs is 1. The molecule has 1 aliphatic rings. The van der Waals surface area contributed by atoms with Crippen molar-refractivity contribution in [3.8, 4) is 40.1 Å². The fourth-order valence-corrected chi connectivity index (χ4v) is 5.23. The lowest BCUT2D eigenvalue weighted by molar-refractivity contribution is -0.270. The first-order valence-electron chi connectivity index (χ1n) is 15.4. The molecule has 1 aliphatic heterocycles. The van der Waals surface area contributed by atoms with Gasteiger partial charge in [0, 0.05) is 29.9 Å². The van der Waals surface area contributed by atoms with Crippen LogP contribution in [0.4, 0.5) is 0 Å². The van der Waals surface area contributed by atoms with Crippen LogP contribution < -0.4 is 26.1 Å². The SMILES string of the molecule is NC(CCC(=O)NC(CS)C(=O)N(CC(=O)O)Oc1c(-c2ccc(O)c(O)c2)oc2cc(O)cc(OC3O[C@H](C(=O)O)[C@@H](O)[C@H](O)[C@H]3O)c2c1=O)C(=O)O. The summed E-state index contributed by atoms with van der Waals surface area (Å²) in [4.78, 5) is 80.6. The van der Waals surface area contributed by atoms with Gasteiger partial charge in [-0.2, -0.15) is 17.7 Å². The Morgan fingerprint density at radius 2 is 1.65 bits per heavy atom. The highest BCUT2D eigenvalue weighted by Gasteiger charge is 2.48. The van der Waals surface area contributed by atoms with Crippen molar-refractivity contribution in [3.63, 3.8) is 0 Å². The fraction of sp³-hybridized carbons (Fsp3) is 0.355. The van der Waals surface area contributed by atoms with E-state index in [1.165, 1.54) is 0 Å². The van der Waals surface area contributed by atoms with Crippen LogP contribution in [0, 0.1) is 0 Å². The van der Waals surface area contributed by atoms with Crippen molar-refractivity contribution in [1.82, 2.24) is 10.4 Å². The van der Waals surface area contributed by atoms with E-state index in [-0.39, 0.29) is 17.0 Å². The number of carbonyl (C=O) groups is 5. The Balaban J connectivity index is 1.85. The largest absolute Gasteiger partial charge is 0.508 e. The Labute approximate surface area is 306 Å². The molecule has 4 rings (SSSR count). The van der Waals surface area contributed by atoms with Gasteiger partial charge in [-0.1, -0.05) is 0 Å². The maximum atomic E-state index is 14.3. The number of aliphatic hydroxyl groups is 3. The quantitative estimate of drug-likeness (QED) is 0.0436. The van der Waals surface area contributed by atoms with Gasteiger partial charge in [-0.3, -0.25) is 24.0 Å². The lowest BCUT2D eigenvalue weighted by Crippen LogP contribution is -2.61. The number of benzene rings is 2. The number of aliphatic hydroxyl groups excluding tert-OH is 3. The first kappa shape index (κ1) is 40.9. The number of hydrogen-bond donors (Lipinski definition) is 12. The van der Waals surface area contributed by atoms with E-state index in [9.17, 15) is 69.6 Å². The van der Waals surface area contributed by atoms with E-state index in [4.69, 9.17) is 29.6 Å². The zero-order valence-electron chi connectivity index (χ0n) is 27.3. The molecule has 54 heavy (non-hydrogen) atoms. The standard InChI is InChI=1S/C31H33N3O19S/c32-12(29(46)47)2-4-18(38)33-13(9-54)28(45)34(8-19(39)40)53-26-21(41)20-16(50-25(26)10-1-3-14(36)15(37)5-10)6-11(35)7-17(20)51-31-24(44)22(42)23(43)27(52-31)30(48)49/h1,3,5-7,12-13,22-24,27,31,35-37,42-44,54H,2,4,8-9,32H2,(H,33,38)(H,39,40)(H,46,47)(H,48,49)/t12?,13?,22-,23-,24+,27-,31?/m0/s1. The third kappa shape index (κ3) is 9.02. The van der Waals surface area contributed by atoms with Gasteiger partial charge in [0.05, 0.1) is 0 Å². The number of thiol groups is 1. The molecule has 23 heteroatoms. The smallest absolute Gasteiger partial charge is 0.335 e. The summed E-state index contributed by atoms with van der Waals surface area (Å²) >= 11 is 4.01. The second-order valence-electron chi connectivity index (χ2n) is 11.6. The number of nitrogens with one attached hydrogen (secondary N) is 1. The summed E-state index contributed by atoms with van der Waals surface area (Å²) < 4.78 is 16.4. The van der Waals surface area contributed by atoms with Gasteiger partial charge >= 0.3 is 17.9 Å². The minimum absolute atomic E-state index is 0.123. The number of rotatable bonds is 15. The number of carboxylic acid groups (broad SMARTS) is 3. The first-order chi connectivity index (χ1) is 25.3. The maximum absolute atomic E-state index is 14.3. The van der Waals surface area contributed by atoms with Crippen LogP contribution in [-0.2, 0) is 28.7 Å². The van der Waals surface area contributed by atoms with Crippen molar-refractivity contribution >= 4 is 53.3 Å². The molecule has 1 fully saturated rings. The zero-order valence-corrected chi connectivity index (χ0v) is 28.2. The minimum Gasteiger partial charge on any atom is -0.508 e. The number of nitrogens with zero attached hydrogens (tertiary/aromatic N) is 1. The number of ether oxygens (including phenoxy) is 2. The van der Waals surface area contributed by atoms with Crippen molar-refractivity contribution in [2.75, 3.05) is 12.3 Å². The second kappa shape index (κ2) is 16.9. The lowest BCUT2D eigenvalue weighted by Gasteiger charge is -2.38. The maximum Gasteiger partial charge on any atom is 0.335 e. The van der Waals surface area contributed by atoms with E-state index in [1.54, 1.807) is 0 Å². The molecule has 0 spiro atoms. The van der Waals surface area contributed by atoms with Crippen molar-refractivity contribution in [2.45, 2.75) is 55.6 Å². The van der Waals surface area contributed by atoms with Crippen LogP contribution in [0.5, 0.6) is 28.7 Å². The van der Waals surface area contributed by atoms with Gasteiger partial charge in [0.2, 0.25) is 23.4 Å². The number of phenols is 3. The molecule has 22 nitrogen and oxygen atoms in total. The number of carboxylic acids is 3. The Morgan fingerprint density at radius 3 is 2.24 bits per heavy atom. The minimum atomic E-state index is -2.15. The van der Waals surface area contributed by atoms with Crippen LogP contribution in [0.1, 0.15) is 12.8 Å². The Kier molecular flexibility index (Phi) is 12.8. The summed E-state index contributed by atoms with van der Waals surface area (Å²) in [5.74, 6) is -12.0. The number of hydroxylamine groups is 2. The topological polar surface area (TPSA) is 367 Å². The molecule has 0 saturated carbocycles. The van der Waals surface area contributed by atoms with Gasteiger partial charge in [0.1, 0.15) is 52.9 Å². The summed E-state index contributed by atoms with van der Waals surface area (Å²) in [7, 11) is 0. The molecular weight excluding hydrogens is 750 g/mol. The highest BCUT2D eigenvalue weighted by Crippen LogP contribution is 2.40. The molecule has 0 radical (unpaired) electrons. The summed E-state index contributed by atoms with van der Waals surface area (Å²) in [5.41, 5.74) is 3.31. The van der Waals surface area contributed by atoms with Crippen LogP contribution in [0.15, 0.2) is 39.5 Å². The summed E-state index contributed by atoms with van der Waals surface area (Å²) in [6.07, 6.45) is -11.5. The van der Waals surface area contributed by atoms with E-state index in [0.29, 0.717) is 0 Å². The molecule has 2 amide bonds. The van der Waals surface area contributed by atoms with Crippen molar-refractivity contribution in [2.24, 2.45) is 5.73 Å². The monoisotopic (exact) mass is 783 g/mol.